The van der Waals surface area contributed by atoms with E-state index in [9.17, 15) is 30.8 Å². The summed E-state index contributed by atoms with van der Waals surface area (Å²) in [5.74, 6) is -1.10. The molecule has 6 nitrogen and oxygen atoms in total. The number of anilines is 1. The number of amides is 1. The van der Waals surface area contributed by atoms with Crippen molar-refractivity contribution >= 4 is 21.6 Å². The summed E-state index contributed by atoms with van der Waals surface area (Å²) in [6.45, 7) is -1.62. The van der Waals surface area contributed by atoms with Gasteiger partial charge in [-0.1, -0.05) is 0 Å². The Kier molecular flexibility index (Phi) is 6.97. The average molecular weight is 420 g/mol. The first-order valence-electron chi connectivity index (χ1n) is 7.90. The minimum absolute atomic E-state index is 0.0117. The number of nitrogens with one attached hydrogen (secondary N) is 2. The Labute approximate surface area is 158 Å². The maximum atomic E-state index is 12.8. The number of sulfonamides is 1. The third kappa shape index (κ3) is 7.16. The molecular weight excluding hydrogens is 404 g/mol. The molecule has 0 aliphatic rings. The molecule has 0 saturated carbocycles. The summed E-state index contributed by atoms with van der Waals surface area (Å²) in [5, 5.41) is 2.47. The average Bonchev–Trinajstić information content (AvgIpc) is 2.60. The molecule has 0 fully saturated rings. The molecule has 0 radical (unpaired) electrons. The number of ether oxygens (including phenoxy) is 1. The van der Waals surface area contributed by atoms with E-state index in [2.05, 4.69) is 14.8 Å². The molecule has 28 heavy (non-hydrogen) atoms. The molecule has 2 aromatic carbocycles. The van der Waals surface area contributed by atoms with Crippen LogP contribution in [0.4, 0.5) is 23.2 Å². The number of hydrogen-bond donors (Lipinski definition) is 2. The fourth-order valence-electron chi connectivity index (χ4n) is 2.02. The van der Waals surface area contributed by atoms with E-state index in [1.54, 1.807) is 0 Å². The minimum atomic E-state index is -4.45. The lowest BCUT2D eigenvalue weighted by atomic mass is 10.3. The summed E-state index contributed by atoms with van der Waals surface area (Å²) in [6.07, 6.45) is -4.64. The predicted molar refractivity (Wildman–Crippen MR) is 92.8 cm³/mol. The molecule has 0 bridgehead atoms. The summed E-state index contributed by atoms with van der Waals surface area (Å²) in [5.41, 5.74) is 0.311. The van der Waals surface area contributed by atoms with Crippen LogP contribution in [-0.2, 0) is 14.8 Å². The molecule has 2 rings (SSSR count). The zero-order valence-corrected chi connectivity index (χ0v) is 15.1. The van der Waals surface area contributed by atoms with E-state index in [-0.39, 0.29) is 23.6 Å². The lowest BCUT2D eigenvalue weighted by molar-refractivity contribution is -0.153. The van der Waals surface area contributed by atoms with Crippen LogP contribution in [0.1, 0.15) is 6.42 Å². The van der Waals surface area contributed by atoms with E-state index in [4.69, 9.17) is 0 Å². The van der Waals surface area contributed by atoms with E-state index in [0.717, 1.165) is 24.3 Å². The molecule has 1 amide bonds. The maximum Gasteiger partial charge on any atom is 0.422 e. The highest BCUT2D eigenvalue weighted by Crippen LogP contribution is 2.20. The lowest BCUT2D eigenvalue weighted by Crippen LogP contribution is -2.27. The van der Waals surface area contributed by atoms with Gasteiger partial charge in [0, 0.05) is 18.7 Å². The van der Waals surface area contributed by atoms with Crippen LogP contribution < -0.4 is 14.8 Å². The quantitative estimate of drug-likeness (QED) is 0.643. The molecule has 0 aliphatic carbocycles. The molecule has 0 heterocycles. The molecule has 0 spiro atoms. The number of hydrogen-bond acceptors (Lipinski definition) is 4. The summed E-state index contributed by atoms with van der Waals surface area (Å²) in [7, 11) is -3.87. The van der Waals surface area contributed by atoms with Gasteiger partial charge in [-0.15, -0.1) is 0 Å². The van der Waals surface area contributed by atoms with Crippen LogP contribution in [0.3, 0.4) is 0 Å². The van der Waals surface area contributed by atoms with Crippen molar-refractivity contribution in [3.63, 3.8) is 0 Å². The maximum absolute atomic E-state index is 12.8. The molecule has 2 aromatic rings. The van der Waals surface area contributed by atoms with Crippen molar-refractivity contribution in [2.24, 2.45) is 0 Å². The number of carbonyl (C=O) groups is 1. The standard InChI is InChI=1S/C17H16F4N2O4S/c18-12-1-7-15(8-2-12)28(25,26)22-10-9-16(24)23-13-3-5-14(6-4-13)27-11-17(19,20)21/h1-8,22H,9-11H2,(H,23,24). The summed E-state index contributed by atoms with van der Waals surface area (Å²) in [6, 6.07) is 9.43. The Hall–Kier alpha value is -2.66. The number of benzene rings is 2. The van der Waals surface area contributed by atoms with Crippen molar-refractivity contribution < 1.29 is 35.5 Å². The van der Waals surface area contributed by atoms with Crippen LogP contribution >= 0.6 is 0 Å². The Balaban J connectivity index is 1.80. The van der Waals surface area contributed by atoms with Gasteiger partial charge in [-0.3, -0.25) is 4.79 Å². The van der Waals surface area contributed by atoms with Crippen LogP contribution in [0.15, 0.2) is 53.4 Å². The van der Waals surface area contributed by atoms with Crippen molar-refractivity contribution in [3.8, 4) is 5.75 Å². The Morgan fingerprint density at radius 3 is 2.18 bits per heavy atom. The smallest absolute Gasteiger partial charge is 0.422 e. The molecule has 0 aromatic heterocycles. The Morgan fingerprint density at radius 2 is 1.61 bits per heavy atom. The molecule has 0 atom stereocenters. The molecule has 11 heteroatoms. The van der Waals surface area contributed by atoms with E-state index in [1.807, 2.05) is 0 Å². The monoisotopic (exact) mass is 420 g/mol. The fourth-order valence-corrected chi connectivity index (χ4v) is 3.05. The number of rotatable bonds is 8. The third-order valence-corrected chi connectivity index (χ3v) is 4.79. The molecule has 0 aliphatic heterocycles. The van der Waals surface area contributed by atoms with E-state index in [0.29, 0.717) is 5.69 Å². The number of halogens is 4. The normalized spacial score (nSPS) is 11.9. The first kappa shape index (κ1) is 21.6. The van der Waals surface area contributed by atoms with Crippen molar-refractivity contribution in [3.05, 3.63) is 54.3 Å². The molecule has 0 unspecified atom stereocenters. The first-order valence-corrected chi connectivity index (χ1v) is 9.38. The minimum Gasteiger partial charge on any atom is -0.484 e. The molecule has 152 valence electrons. The van der Waals surface area contributed by atoms with Gasteiger partial charge in [-0.2, -0.15) is 13.2 Å². The number of carbonyl (C=O) groups excluding carboxylic acids is 1. The zero-order valence-electron chi connectivity index (χ0n) is 14.3. The number of alkyl halides is 3. The van der Waals surface area contributed by atoms with Gasteiger partial charge < -0.3 is 10.1 Å². The Morgan fingerprint density at radius 1 is 1.00 bits per heavy atom. The molecular formula is C17H16F4N2O4S. The first-order chi connectivity index (χ1) is 13.0. The van der Waals surface area contributed by atoms with Crippen molar-refractivity contribution in [2.45, 2.75) is 17.5 Å². The highest BCUT2D eigenvalue weighted by molar-refractivity contribution is 7.89. The van der Waals surface area contributed by atoms with E-state index >= 15 is 0 Å². The van der Waals surface area contributed by atoms with Gasteiger partial charge >= 0.3 is 6.18 Å². The highest BCUT2D eigenvalue weighted by atomic mass is 32.2. The summed E-state index contributed by atoms with van der Waals surface area (Å²) < 4.78 is 79.8. The van der Waals surface area contributed by atoms with E-state index < -0.39 is 34.5 Å². The Bertz CT molecular complexity index is 898. The van der Waals surface area contributed by atoms with E-state index in [1.165, 1.54) is 24.3 Å². The lowest BCUT2D eigenvalue weighted by Gasteiger charge is -2.10. The van der Waals surface area contributed by atoms with Crippen molar-refractivity contribution in [1.29, 1.82) is 0 Å². The van der Waals surface area contributed by atoms with Crippen molar-refractivity contribution in [2.75, 3.05) is 18.5 Å². The predicted octanol–water partition coefficient (Wildman–Crippen LogP) is 3.07. The summed E-state index contributed by atoms with van der Waals surface area (Å²) >= 11 is 0. The van der Waals surface area contributed by atoms with Crippen LogP contribution in [0, 0.1) is 5.82 Å². The van der Waals surface area contributed by atoms with Gasteiger partial charge in [0.05, 0.1) is 4.90 Å². The van der Waals surface area contributed by atoms with Gasteiger partial charge in [-0.25, -0.2) is 17.5 Å². The van der Waals surface area contributed by atoms with Gasteiger partial charge in [-0.05, 0) is 48.5 Å². The SMILES string of the molecule is O=C(CCNS(=O)(=O)c1ccc(F)cc1)Nc1ccc(OCC(F)(F)F)cc1. The highest BCUT2D eigenvalue weighted by Gasteiger charge is 2.28. The van der Waals surface area contributed by atoms with Gasteiger partial charge in [0.15, 0.2) is 6.61 Å². The van der Waals surface area contributed by atoms with Crippen LogP contribution in [0.25, 0.3) is 0 Å². The topological polar surface area (TPSA) is 84.5 Å². The fraction of sp³-hybridized carbons (Fsp3) is 0.235. The molecule has 2 N–H and O–H groups in total. The van der Waals surface area contributed by atoms with Gasteiger partial charge in [0.2, 0.25) is 15.9 Å². The van der Waals surface area contributed by atoms with Crippen LogP contribution in [-0.4, -0.2) is 33.7 Å². The van der Waals surface area contributed by atoms with Gasteiger partial charge in [0.25, 0.3) is 0 Å². The second kappa shape index (κ2) is 9.02. The second-order valence-electron chi connectivity index (χ2n) is 5.58. The third-order valence-electron chi connectivity index (χ3n) is 3.31. The van der Waals surface area contributed by atoms with Crippen molar-refractivity contribution in [1.82, 2.24) is 4.72 Å². The van der Waals surface area contributed by atoms with Crippen LogP contribution in [0.2, 0.25) is 0 Å². The summed E-state index contributed by atoms with van der Waals surface area (Å²) in [4.78, 5) is 11.7. The second-order valence-corrected chi connectivity index (χ2v) is 7.35. The van der Waals surface area contributed by atoms with Crippen LogP contribution in [0.5, 0.6) is 5.75 Å². The molecule has 0 saturated heterocycles. The van der Waals surface area contributed by atoms with Gasteiger partial charge in [0.1, 0.15) is 11.6 Å². The largest absolute Gasteiger partial charge is 0.484 e. The zero-order chi connectivity index (χ0) is 20.8.